The van der Waals surface area contributed by atoms with Gasteiger partial charge >= 0.3 is 0 Å². The molecule has 0 unspecified atom stereocenters. The maximum atomic E-state index is 12.3. The number of unbranched alkanes of at least 4 members (excludes halogenated alkanes) is 3. The number of carbonyl (C=O) groups excluding carboxylic acids is 4. The number of rotatable bonds is 9. The van der Waals surface area contributed by atoms with Crippen LogP contribution in [0.3, 0.4) is 0 Å². The summed E-state index contributed by atoms with van der Waals surface area (Å²) in [5.74, 6) is -3.36. The van der Waals surface area contributed by atoms with Crippen LogP contribution in [0.15, 0.2) is 12.1 Å². The lowest BCUT2D eigenvalue weighted by Gasteiger charge is -2.12. The quantitative estimate of drug-likeness (QED) is 0.478. The maximum Gasteiger partial charge on any atom is 0.252 e. The molecule has 1 aromatic carbocycles. The van der Waals surface area contributed by atoms with Crippen LogP contribution in [0.25, 0.3) is 0 Å². The second-order valence-electron chi connectivity index (χ2n) is 5.35. The van der Waals surface area contributed by atoms with E-state index in [1.54, 1.807) is 0 Å². The van der Waals surface area contributed by atoms with Crippen LogP contribution >= 0.6 is 0 Å². The van der Waals surface area contributed by atoms with Gasteiger partial charge in [-0.2, -0.15) is 0 Å². The first kappa shape index (κ1) is 19.1. The van der Waals surface area contributed by atoms with E-state index in [9.17, 15) is 19.2 Å². The zero-order chi connectivity index (χ0) is 18.3. The zero-order valence-corrected chi connectivity index (χ0v) is 13.6. The maximum absolute atomic E-state index is 12.3. The van der Waals surface area contributed by atoms with E-state index in [1.165, 1.54) is 0 Å². The van der Waals surface area contributed by atoms with Gasteiger partial charge in [0.1, 0.15) is 0 Å². The van der Waals surface area contributed by atoms with Crippen LogP contribution in [0.1, 0.15) is 74.0 Å². The molecule has 8 nitrogen and oxygen atoms in total. The Bertz CT molecular complexity index is 670. The third kappa shape index (κ3) is 4.80. The molecule has 1 rings (SSSR count). The van der Waals surface area contributed by atoms with E-state index >= 15 is 0 Å². The van der Waals surface area contributed by atoms with Gasteiger partial charge in [-0.1, -0.05) is 26.2 Å². The summed E-state index contributed by atoms with van der Waals surface area (Å²) in [7, 11) is 0. The molecule has 0 saturated heterocycles. The lowest BCUT2D eigenvalue weighted by Crippen LogP contribution is -2.30. The first-order chi connectivity index (χ1) is 11.3. The topological polar surface area (TPSA) is 158 Å². The number of hydrogen-bond donors (Lipinski definition) is 4. The van der Waals surface area contributed by atoms with E-state index in [2.05, 4.69) is 12.2 Å². The molecule has 0 heterocycles. The highest BCUT2D eigenvalue weighted by atomic mass is 16.2. The molecule has 0 saturated carbocycles. The van der Waals surface area contributed by atoms with E-state index in [4.69, 9.17) is 17.2 Å². The minimum Gasteiger partial charge on any atom is -0.366 e. The Kier molecular flexibility index (Phi) is 6.91. The fraction of sp³-hybridized carbons (Fsp3) is 0.375. The molecule has 7 N–H and O–H groups in total. The second kappa shape index (κ2) is 8.66. The van der Waals surface area contributed by atoms with Crippen LogP contribution in [-0.2, 0) is 0 Å². The Morgan fingerprint density at radius 2 is 1.25 bits per heavy atom. The minimum atomic E-state index is -0.946. The molecular formula is C16H22N4O4. The minimum absolute atomic E-state index is 0.114. The number of benzene rings is 1. The van der Waals surface area contributed by atoms with Gasteiger partial charge in [0.05, 0.1) is 22.3 Å². The SMILES string of the molecule is CCCCCCNC(=O)c1cc(C(N)=O)c(C(N)=O)cc1C(N)=O. The average molecular weight is 334 g/mol. The smallest absolute Gasteiger partial charge is 0.252 e. The van der Waals surface area contributed by atoms with Gasteiger partial charge in [-0.05, 0) is 18.6 Å². The Morgan fingerprint density at radius 3 is 1.71 bits per heavy atom. The predicted molar refractivity (Wildman–Crippen MR) is 88.5 cm³/mol. The van der Waals surface area contributed by atoms with E-state index in [0.717, 1.165) is 37.8 Å². The van der Waals surface area contributed by atoms with Crippen molar-refractivity contribution in [2.24, 2.45) is 17.2 Å². The summed E-state index contributed by atoms with van der Waals surface area (Å²) in [6.07, 6.45) is 3.87. The van der Waals surface area contributed by atoms with E-state index in [0.29, 0.717) is 6.54 Å². The molecule has 24 heavy (non-hydrogen) atoms. The molecule has 0 spiro atoms. The highest BCUT2D eigenvalue weighted by Crippen LogP contribution is 2.17. The van der Waals surface area contributed by atoms with Gasteiger partial charge in [-0.3, -0.25) is 19.2 Å². The first-order valence-corrected chi connectivity index (χ1v) is 7.65. The fourth-order valence-corrected chi connectivity index (χ4v) is 2.25. The molecule has 0 aromatic heterocycles. The summed E-state index contributed by atoms with van der Waals surface area (Å²) in [6.45, 7) is 2.49. The van der Waals surface area contributed by atoms with Gasteiger partial charge in [-0.15, -0.1) is 0 Å². The third-order valence-electron chi connectivity index (χ3n) is 3.51. The molecule has 8 heteroatoms. The van der Waals surface area contributed by atoms with Crippen LogP contribution in [-0.4, -0.2) is 30.2 Å². The Morgan fingerprint density at radius 1 is 0.792 bits per heavy atom. The van der Waals surface area contributed by atoms with Crippen LogP contribution in [0.2, 0.25) is 0 Å². The lowest BCUT2D eigenvalue weighted by molar-refractivity contribution is 0.0932. The average Bonchev–Trinajstić information content (AvgIpc) is 2.52. The van der Waals surface area contributed by atoms with Crippen molar-refractivity contribution < 1.29 is 19.2 Å². The number of primary amides is 3. The molecule has 0 atom stereocenters. The van der Waals surface area contributed by atoms with Crippen molar-refractivity contribution in [1.29, 1.82) is 0 Å². The van der Waals surface area contributed by atoms with Gasteiger partial charge in [-0.25, -0.2) is 0 Å². The van der Waals surface area contributed by atoms with Crippen molar-refractivity contribution in [2.75, 3.05) is 6.54 Å². The van der Waals surface area contributed by atoms with E-state index < -0.39 is 23.6 Å². The van der Waals surface area contributed by atoms with Crippen molar-refractivity contribution in [2.45, 2.75) is 32.6 Å². The van der Waals surface area contributed by atoms with Crippen LogP contribution < -0.4 is 22.5 Å². The summed E-state index contributed by atoms with van der Waals surface area (Å²) in [5, 5.41) is 2.65. The van der Waals surface area contributed by atoms with E-state index in [-0.39, 0.29) is 22.3 Å². The largest absolute Gasteiger partial charge is 0.366 e. The number of carbonyl (C=O) groups is 4. The zero-order valence-electron chi connectivity index (χ0n) is 13.6. The first-order valence-electron chi connectivity index (χ1n) is 7.65. The lowest BCUT2D eigenvalue weighted by atomic mass is 9.96. The highest BCUT2D eigenvalue weighted by Gasteiger charge is 2.22. The number of hydrogen-bond acceptors (Lipinski definition) is 4. The normalized spacial score (nSPS) is 10.2. The molecule has 0 bridgehead atoms. The van der Waals surface area contributed by atoms with Crippen molar-refractivity contribution in [3.05, 3.63) is 34.4 Å². The van der Waals surface area contributed by atoms with Gasteiger partial charge in [0.15, 0.2) is 0 Å². The Balaban J connectivity index is 3.13. The summed E-state index contributed by atoms with van der Waals surface area (Å²) < 4.78 is 0. The predicted octanol–water partition coefficient (Wildman–Crippen LogP) is 0.293. The van der Waals surface area contributed by atoms with Gasteiger partial charge in [0, 0.05) is 6.54 Å². The third-order valence-corrected chi connectivity index (χ3v) is 3.51. The van der Waals surface area contributed by atoms with Gasteiger partial charge in [0.2, 0.25) is 17.7 Å². The summed E-state index contributed by atoms with van der Waals surface area (Å²) in [6, 6.07) is 2.10. The molecule has 0 aliphatic rings. The number of nitrogens with one attached hydrogen (secondary N) is 1. The summed E-state index contributed by atoms with van der Waals surface area (Å²) >= 11 is 0. The summed E-state index contributed by atoms with van der Waals surface area (Å²) in [4.78, 5) is 46.7. The van der Waals surface area contributed by atoms with Crippen LogP contribution in [0, 0.1) is 0 Å². The molecule has 0 aliphatic heterocycles. The molecule has 0 fully saturated rings. The van der Waals surface area contributed by atoms with Crippen molar-refractivity contribution >= 4 is 23.6 Å². The van der Waals surface area contributed by atoms with E-state index in [1.807, 2.05) is 0 Å². The molecule has 0 aliphatic carbocycles. The molecule has 130 valence electrons. The number of nitrogens with two attached hydrogens (primary N) is 3. The highest BCUT2D eigenvalue weighted by molar-refractivity contribution is 6.13. The molecule has 0 radical (unpaired) electrons. The van der Waals surface area contributed by atoms with Gasteiger partial charge < -0.3 is 22.5 Å². The van der Waals surface area contributed by atoms with Crippen molar-refractivity contribution in [3.8, 4) is 0 Å². The van der Waals surface area contributed by atoms with Crippen LogP contribution in [0.5, 0.6) is 0 Å². The van der Waals surface area contributed by atoms with Gasteiger partial charge in [0.25, 0.3) is 5.91 Å². The monoisotopic (exact) mass is 334 g/mol. The van der Waals surface area contributed by atoms with Crippen molar-refractivity contribution in [1.82, 2.24) is 5.32 Å². The van der Waals surface area contributed by atoms with Crippen LogP contribution in [0.4, 0.5) is 0 Å². The molecule has 4 amide bonds. The standard InChI is InChI=1S/C16H22N4O4/c1-2-3-4-5-6-20-16(24)12-8-10(14(18)22)9(13(17)21)7-11(12)15(19)23/h7-8H,2-6H2,1H3,(H2,17,21)(H2,18,22)(H2,19,23)(H,20,24). The Labute approximate surface area is 139 Å². The Hall–Kier alpha value is -2.90. The molecule has 1 aromatic rings. The number of amides is 4. The second-order valence-corrected chi connectivity index (χ2v) is 5.35. The van der Waals surface area contributed by atoms with Crippen molar-refractivity contribution in [3.63, 3.8) is 0 Å². The fourth-order valence-electron chi connectivity index (χ4n) is 2.25. The molecular weight excluding hydrogens is 312 g/mol. The summed E-state index contributed by atoms with van der Waals surface area (Å²) in [5.41, 5.74) is 14.8.